The number of ether oxygens (including phenoxy) is 1. The van der Waals surface area contributed by atoms with Crippen molar-refractivity contribution < 1.29 is 13.9 Å². The first-order chi connectivity index (χ1) is 14.0. The average molecular weight is 413 g/mol. The Balaban J connectivity index is 1.53. The lowest BCUT2D eigenvalue weighted by atomic mass is 10.1. The molecule has 2 heterocycles. The maximum Gasteiger partial charge on any atom is 0.349 e. The van der Waals surface area contributed by atoms with E-state index in [0.717, 1.165) is 16.3 Å². The molecule has 1 saturated heterocycles. The summed E-state index contributed by atoms with van der Waals surface area (Å²) in [6, 6.07) is 12.8. The molecule has 0 atom stereocenters. The Morgan fingerprint density at radius 2 is 1.86 bits per heavy atom. The molecule has 1 aliphatic heterocycles. The number of halogens is 1. The first-order valence-corrected chi connectivity index (χ1v) is 9.77. The van der Waals surface area contributed by atoms with Crippen LogP contribution in [0.4, 0.5) is 5.69 Å². The fraction of sp³-hybridized carbons (Fsp3) is 0.273. The van der Waals surface area contributed by atoms with Gasteiger partial charge in [-0.25, -0.2) is 4.79 Å². The van der Waals surface area contributed by atoms with Crippen LogP contribution >= 0.6 is 11.6 Å². The molecule has 0 aliphatic carbocycles. The fourth-order valence-corrected chi connectivity index (χ4v) is 3.72. The first kappa shape index (κ1) is 19.3. The number of piperazine rings is 1. The predicted molar refractivity (Wildman–Crippen MR) is 113 cm³/mol. The Morgan fingerprint density at radius 1 is 1.10 bits per heavy atom. The van der Waals surface area contributed by atoms with Crippen molar-refractivity contribution in [3.63, 3.8) is 0 Å². The Kier molecular flexibility index (Phi) is 5.20. The number of para-hydroxylation sites is 1. The van der Waals surface area contributed by atoms with Gasteiger partial charge in [0.15, 0.2) is 11.3 Å². The molecule has 0 N–H and O–H groups in total. The van der Waals surface area contributed by atoms with Gasteiger partial charge in [-0.05, 0) is 36.8 Å². The second-order valence-corrected chi connectivity index (χ2v) is 7.45. The molecule has 0 spiro atoms. The monoisotopic (exact) mass is 412 g/mol. The summed E-state index contributed by atoms with van der Waals surface area (Å²) in [7, 11) is 1.51. The van der Waals surface area contributed by atoms with Crippen LogP contribution in [-0.2, 0) is 0 Å². The van der Waals surface area contributed by atoms with Gasteiger partial charge in [-0.1, -0.05) is 29.8 Å². The third-order valence-corrected chi connectivity index (χ3v) is 5.67. The highest BCUT2D eigenvalue weighted by Crippen LogP contribution is 2.26. The summed E-state index contributed by atoms with van der Waals surface area (Å²) in [5.41, 5.74) is 1.80. The van der Waals surface area contributed by atoms with Crippen molar-refractivity contribution in [2.75, 3.05) is 38.2 Å². The molecule has 4 rings (SSSR count). The summed E-state index contributed by atoms with van der Waals surface area (Å²) in [5.74, 6) is 0.147. The number of amides is 1. The molecule has 7 heteroatoms. The van der Waals surface area contributed by atoms with E-state index in [1.54, 1.807) is 29.2 Å². The van der Waals surface area contributed by atoms with Crippen LogP contribution < -0.4 is 15.3 Å². The molecule has 150 valence electrons. The van der Waals surface area contributed by atoms with Gasteiger partial charge in [0.05, 0.1) is 7.11 Å². The first-order valence-electron chi connectivity index (χ1n) is 9.39. The van der Waals surface area contributed by atoms with E-state index in [9.17, 15) is 9.59 Å². The smallest absolute Gasteiger partial charge is 0.349 e. The number of carbonyl (C=O) groups excluding carboxylic acids is 1. The van der Waals surface area contributed by atoms with Crippen LogP contribution in [0, 0.1) is 6.92 Å². The van der Waals surface area contributed by atoms with E-state index in [2.05, 4.69) is 4.90 Å². The summed E-state index contributed by atoms with van der Waals surface area (Å²) in [5, 5.41) is 1.38. The molecule has 0 unspecified atom stereocenters. The molecule has 1 aromatic heterocycles. The minimum atomic E-state index is -0.653. The Morgan fingerprint density at radius 3 is 2.55 bits per heavy atom. The number of hydrogen-bond donors (Lipinski definition) is 0. The van der Waals surface area contributed by atoms with Gasteiger partial charge in [0.1, 0.15) is 5.56 Å². The highest BCUT2D eigenvalue weighted by molar-refractivity contribution is 6.31. The van der Waals surface area contributed by atoms with Gasteiger partial charge >= 0.3 is 5.63 Å². The zero-order valence-corrected chi connectivity index (χ0v) is 17.0. The quantitative estimate of drug-likeness (QED) is 0.613. The van der Waals surface area contributed by atoms with Crippen LogP contribution in [0.3, 0.4) is 0 Å². The van der Waals surface area contributed by atoms with E-state index in [0.29, 0.717) is 42.9 Å². The third-order valence-electron chi connectivity index (χ3n) is 5.26. The summed E-state index contributed by atoms with van der Waals surface area (Å²) >= 11 is 6.23. The molecule has 0 saturated carbocycles. The van der Waals surface area contributed by atoms with Gasteiger partial charge in [0.2, 0.25) is 0 Å². The molecule has 1 aliphatic rings. The SMILES string of the molecule is COc1cccc2cc(C(=O)N3CCN(c4ccc(C)c(Cl)c4)CC3)c(=O)oc12. The van der Waals surface area contributed by atoms with Gasteiger partial charge in [-0.2, -0.15) is 0 Å². The number of methoxy groups -OCH3 is 1. The van der Waals surface area contributed by atoms with Crippen LogP contribution in [0.15, 0.2) is 51.7 Å². The number of benzene rings is 2. The third kappa shape index (κ3) is 3.68. The standard InChI is InChI=1S/C22H21ClN2O4/c1-14-6-7-16(13-18(14)23)24-8-10-25(11-9-24)21(26)17-12-15-4-3-5-19(28-2)20(15)29-22(17)27/h3-7,12-13H,8-11H2,1-2H3. The molecule has 0 bridgehead atoms. The topological polar surface area (TPSA) is 63.0 Å². The molecule has 6 nitrogen and oxygen atoms in total. The molecule has 1 amide bonds. The van der Waals surface area contributed by atoms with Gasteiger partial charge in [0.25, 0.3) is 5.91 Å². The van der Waals surface area contributed by atoms with Crippen molar-refractivity contribution in [2.45, 2.75) is 6.92 Å². The number of rotatable bonds is 3. The van der Waals surface area contributed by atoms with Crippen molar-refractivity contribution in [1.82, 2.24) is 4.90 Å². The zero-order chi connectivity index (χ0) is 20.5. The number of hydrogen-bond acceptors (Lipinski definition) is 5. The second-order valence-electron chi connectivity index (χ2n) is 7.04. The van der Waals surface area contributed by atoms with Crippen molar-refractivity contribution in [1.29, 1.82) is 0 Å². The van der Waals surface area contributed by atoms with Crippen LogP contribution in [0.25, 0.3) is 11.0 Å². The molecule has 3 aromatic rings. The van der Waals surface area contributed by atoms with Crippen molar-refractivity contribution in [2.24, 2.45) is 0 Å². The van der Waals surface area contributed by atoms with E-state index >= 15 is 0 Å². The molecule has 1 fully saturated rings. The minimum absolute atomic E-state index is 0.0394. The van der Waals surface area contributed by atoms with Crippen LogP contribution in [0.1, 0.15) is 15.9 Å². The van der Waals surface area contributed by atoms with Crippen LogP contribution in [-0.4, -0.2) is 44.1 Å². The number of fused-ring (bicyclic) bond motifs is 1. The number of anilines is 1. The lowest BCUT2D eigenvalue weighted by molar-refractivity contribution is 0.0742. The lowest BCUT2D eigenvalue weighted by Crippen LogP contribution is -2.49. The summed E-state index contributed by atoms with van der Waals surface area (Å²) in [4.78, 5) is 29.3. The maximum atomic E-state index is 13.0. The molecule has 29 heavy (non-hydrogen) atoms. The summed E-state index contributed by atoms with van der Waals surface area (Å²) in [6.45, 7) is 4.32. The van der Waals surface area contributed by atoms with E-state index < -0.39 is 5.63 Å². The average Bonchev–Trinajstić information content (AvgIpc) is 2.74. The number of aryl methyl sites for hydroxylation is 1. The normalized spacial score (nSPS) is 14.3. The van der Waals surface area contributed by atoms with Crippen molar-refractivity contribution >= 4 is 34.2 Å². The highest BCUT2D eigenvalue weighted by Gasteiger charge is 2.25. The van der Waals surface area contributed by atoms with Crippen LogP contribution in [0.5, 0.6) is 5.75 Å². The number of nitrogens with zero attached hydrogens (tertiary/aromatic N) is 2. The van der Waals surface area contributed by atoms with Gasteiger partial charge in [-0.3, -0.25) is 4.79 Å². The van der Waals surface area contributed by atoms with E-state index in [1.807, 2.05) is 25.1 Å². The zero-order valence-electron chi connectivity index (χ0n) is 16.3. The molecular weight excluding hydrogens is 392 g/mol. The van der Waals surface area contributed by atoms with Crippen molar-refractivity contribution in [3.05, 3.63) is 69.0 Å². The Hall–Kier alpha value is -2.99. The van der Waals surface area contributed by atoms with Crippen molar-refractivity contribution in [3.8, 4) is 5.75 Å². The minimum Gasteiger partial charge on any atom is -0.493 e. The second kappa shape index (κ2) is 7.79. The van der Waals surface area contributed by atoms with E-state index in [-0.39, 0.29) is 11.5 Å². The molecule has 2 aromatic carbocycles. The Labute approximate surface area is 173 Å². The largest absolute Gasteiger partial charge is 0.493 e. The summed E-state index contributed by atoms with van der Waals surface area (Å²) < 4.78 is 10.6. The fourth-order valence-electron chi connectivity index (χ4n) is 3.54. The van der Waals surface area contributed by atoms with E-state index in [1.165, 1.54) is 7.11 Å². The lowest BCUT2D eigenvalue weighted by Gasteiger charge is -2.36. The van der Waals surface area contributed by atoms with Gasteiger partial charge in [0, 0.05) is 42.3 Å². The molecule has 0 radical (unpaired) electrons. The summed E-state index contributed by atoms with van der Waals surface area (Å²) in [6.07, 6.45) is 0. The predicted octanol–water partition coefficient (Wildman–Crippen LogP) is 3.73. The number of carbonyl (C=O) groups is 1. The van der Waals surface area contributed by atoms with Crippen LogP contribution in [0.2, 0.25) is 5.02 Å². The molecular formula is C22H21ClN2O4. The van der Waals surface area contributed by atoms with E-state index in [4.69, 9.17) is 20.8 Å². The van der Waals surface area contributed by atoms with Gasteiger partial charge < -0.3 is 19.0 Å². The highest BCUT2D eigenvalue weighted by atomic mass is 35.5. The Bertz CT molecular complexity index is 1130. The van der Waals surface area contributed by atoms with Gasteiger partial charge in [-0.15, -0.1) is 0 Å². The maximum absolute atomic E-state index is 13.0.